The van der Waals surface area contributed by atoms with Gasteiger partial charge in [-0.25, -0.2) is 9.31 Å². The Morgan fingerprint density at radius 1 is 1.64 bits per heavy atom. The van der Waals surface area contributed by atoms with Crippen LogP contribution in [0.4, 0.5) is 0 Å². The third-order valence-corrected chi connectivity index (χ3v) is 1.89. The number of carbonyl (C=O) groups excluding carboxylic acids is 1. The average Bonchev–Trinajstić information content (AvgIpc) is 2.64. The van der Waals surface area contributed by atoms with E-state index in [1.807, 2.05) is 18.3 Å². The molecule has 0 saturated carbocycles. The highest BCUT2D eigenvalue weighted by Gasteiger charge is 2.07. The maximum atomic E-state index is 11.3. The molecule has 2 rings (SSSR count). The molecular formula is C10H10N2O2. The third-order valence-electron chi connectivity index (χ3n) is 1.89. The molecule has 2 aromatic rings. The summed E-state index contributed by atoms with van der Waals surface area (Å²) < 4.78 is 6.56. The third kappa shape index (κ3) is 1.46. The lowest BCUT2D eigenvalue weighted by molar-refractivity contribution is 0.0526. The molecule has 0 atom stereocenters. The van der Waals surface area contributed by atoms with Crippen LogP contribution in [0.15, 0.2) is 30.6 Å². The van der Waals surface area contributed by atoms with Gasteiger partial charge in [-0.05, 0) is 25.1 Å². The normalized spacial score (nSPS) is 10.4. The first-order valence-corrected chi connectivity index (χ1v) is 4.42. The van der Waals surface area contributed by atoms with Gasteiger partial charge in [-0.3, -0.25) is 0 Å². The van der Waals surface area contributed by atoms with Crippen LogP contribution in [0.3, 0.4) is 0 Å². The van der Waals surface area contributed by atoms with Crippen molar-refractivity contribution in [2.24, 2.45) is 0 Å². The molecule has 2 heterocycles. The summed E-state index contributed by atoms with van der Waals surface area (Å²) in [5.74, 6) is -0.330. The van der Waals surface area contributed by atoms with Crippen LogP contribution in [-0.2, 0) is 4.74 Å². The van der Waals surface area contributed by atoms with Crippen molar-refractivity contribution in [1.82, 2.24) is 9.61 Å². The molecule has 0 N–H and O–H groups in total. The number of nitrogens with zero attached hydrogens (tertiary/aromatic N) is 2. The second kappa shape index (κ2) is 3.49. The van der Waals surface area contributed by atoms with Crippen molar-refractivity contribution in [3.8, 4) is 0 Å². The molecule has 4 nitrogen and oxygen atoms in total. The second-order valence-electron chi connectivity index (χ2n) is 2.84. The van der Waals surface area contributed by atoms with Gasteiger partial charge in [0, 0.05) is 6.20 Å². The van der Waals surface area contributed by atoms with E-state index < -0.39 is 0 Å². The summed E-state index contributed by atoms with van der Waals surface area (Å²) in [5.41, 5.74) is 1.37. The van der Waals surface area contributed by atoms with E-state index in [1.165, 1.54) is 6.20 Å². The molecule has 0 saturated heterocycles. The lowest BCUT2D eigenvalue weighted by Crippen LogP contribution is -2.06. The lowest BCUT2D eigenvalue weighted by atomic mass is 10.3. The second-order valence-corrected chi connectivity index (χ2v) is 2.84. The van der Waals surface area contributed by atoms with E-state index in [4.69, 9.17) is 4.74 Å². The van der Waals surface area contributed by atoms with E-state index in [1.54, 1.807) is 17.5 Å². The summed E-state index contributed by atoms with van der Waals surface area (Å²) >= 11 is 0. The molecule has 0 radical (unpaired) electrons. The maximum Gasteiger partial charge on any atom is 0.339 e. The number of esters is 1. The summed E-state index contributed by atoms with van der Waals surface area (Å²) in [6.45, 7) is 2.16. The molecule has 2 aromatic heterocycles. The minimum absolute atomic E-state index is 0.330. The molecule has 0 bridgehead atoms. The zero-order valence-corrected chi connectivity index (χ0v) is 7.80. The summed E-state index contributed by atoms with van der Waals surface area (Å²) in [4.78, 5) is 11.3. The van der Waals surface area contributed by atoms with Crippen LogP contribution in [-0.4, -0.2) is 22.2 Å². The Morgan fingerprint density at radius 2 is 2.50 bits per heavy atom. The van der Waals surface area contributed by atoms with Crippen molar-refractivity contribution < 1.29 is 9.53 Å². The van der Waals surface area contributed by atoms with E-state index in [0.717, 1.165) is 5.52 Å². The van der Waals surface area contributed by atoms with Crippen LogP contribution >= 0.6 is 0 Å². The lowest BCUT2D eigenvalue weighted by Gasteiger charge is -2.01. The van der Waals surface area contributed by atoms with Crippen LogP contribution in [0.25, 0.3) is 5.52 Å². The standard InChI is InChI=1S/C10H10N2O2/c1-2-14-10(13)8-6-9-4-3-5-12(9)11-7-8/h3-7H,2H2,1H3. The molecule has 72 valence electrons. The molecule has 0 aliphatic heterocycles. The van der Waals surface area contributed by atoms with Crippen LogP contribution in [0.1, 0.15) is 17.3 Å². The van der Waals surface area contributed by atoms with Crippen molar-refractivity contribution in [3.05, 3.63) is 36.2 Å². The number of fused-ring (bicyclic) bond motifs is 1. The van der Waals surface area contributed by atoms with Crippen molar-refractivity contribution in [1.29, 1.82) is 0 Å². The smallest absolute Gasteiger partial charge is 0.339 e. The zero-order chi connectivity index (χ0) is 9.97. The Kier molecular flexibility index (Phi) is 2.18. The van der Waals surface area contributed by atoms with Crippen molar-refractivity contribution >= 4 is 11.5 Å². The number of hydrogen-bond acceptors (Lipinski definition) is 3. The maximum absolute atomic E-state index is 11.3. The molecule has 0 unspecified atom stereocenters. The number of hydrogen-bond donors (Lipinski definition) is 0. The van der Waals surface area contributed by atoms with Gasteiger partial charge in [0.25, 0.3) is 0 Å². The minimum atomic E-state index is -0.330. The van der Waals surface area contributed by atoms with Gasteiger partial charge in [-0.2, -0.15) is 5.10 Å². The van der Waals surface area contributed by atoms with Gasteiger partial charge >= 0.3 is 5.97 Å². The summed E-state index contributed by atoms with van der Waals surface area (Å²) in [5, 5.41) is 4.06. The Balaban J connectivity index is 2.38. The molecule has 0 spiro atoms. The van der Waals surface area contributed by atoms with Crippen molar-refractivity contribution in [3.63, 3.8) is 0 Å². The summed E-state index contributed by atoms with van der Waals surface area (Å²) in [6, 6.07) is 5.51. The predicted octanol–water partition coefficient (Wildman–Crippen LogP) is 1.51. The Labute approximate surface area is 81.1 Å². The molecular weight excluding hydrogens is 180 g/mol. The quantitative estimate of drug-likeness (QED) is 0.674. The van der Waals surface area contributed by atoms with E-state index in [9.17, 15) is 4.79 Å². The van der Waals surface area contributed by atoms with Crippen molar-refractivity contribution in [2.75, 3.05) is 6.61 Å². The molecule has 0 aromatic carbocycles. The molecule has 0 amide bonds. The van der Waals surface area contributed by atoms with E-state index in [-0.39, 0.29) is 5.97 Å². The fraction of sp³-hybridized carbons (Fsp3) is 0.200. The summed E-state index contributed by atoms with van der Waals surface area (Å²) in [7, 11) is 0. The first-order chi connectivity index (χ1) is 6.81. The summed E-state index contributed by atoms with van der Waals surface area (Å²) in [6.07, 6.45) is 3.33. The number of rotatable bonds is 2. The monoisotopic (exact) mass is 190 g/mol. The highest BCUT2D eigenvalue weighted by Crippen LogP contribution is 2.06. The zero-order valence-electron chi connectivity index (χ0n) is 7.80. The van der Waals surface area contributed by atoms with Gasteiger partial charge in [0.1, 0.15) is 0 Å². The van der Waals surface area contributed by atoms with Gasteiger partial charge in [-0.15, -0.1) is 0 Å². The van der Waals surface area contributed by atoms with Crippen LogP contribution in [0.5, 0.6) is 0 Å². The Hall–Kier alpha value is -1.84. The molecule has 0 aliphatic carbocycles. The predicted molar refractivity (Wildman–Crippen MR) is 51.1 cm³/mol. The van der Waals surface area contributed by atoms with Gasteiger partial charge in [-0.1, -0.05) is 0 Å². The highest BCUT2D eigenvalue weighted by molar-refractivity contribution is 5.90. The van der Waals surface area contributed by atoms with Crippen molar-refractivity contribution in [2.45, 2.75) is 6.92 Å². The molecule has 4 heteroatoms. The van der Waals surface area contributed by atoms with E-state index in [0.29, 0.717) is 12.2 Å². The molecule has 0 aliphatic rings. The van der Waals surface area contributed by atoms with Gasteiger partial charge < -0.3 is 4.74 Å². The number of ether oxygens (including phenoxy) is 1. The number of carbonyl (C=O) groups is 1. The fourth-order valence-electron chi connectivity index (χ4n) is 1.25. The first kappa shape index (κ1) is 8.74. The van der Waals surface area contributed by atoms with Crippen LogP contribution < -0.4 is 0 Å². The van der Waals surface area contributed by atoms with Crippen LogP contribution in [0.2, 0.25) is 0 Å². The SMILES string of the molecule is CCOC(=O)c1cnn2cccc2c1. The topological polar surface area (TPSA) is 43.6 Å². The average molecular weight is 190 g/mol. The highest BCUT2D eigenvalue weighted by atomic mass is 16.5. The largest absolute Gasteiger partial charge is 0.462 e. The van der Waals surface area contributed by atoms with E-state index >= 15 is 0 Å². The first-order valence-electron chi connectivity index (χ1n) is 4.42. The molecule has 0 fully saturated rings. The fourth-order valence-corrected chi connectivity index (χ4v) is 1.25. The molecule has 14 heavy (non-hydrogen) atoms. The van der Waals surface area contributed by atoms with Crippen LogP contribution in [0, 0.1) is 0 Å². The Bertz CT molecular complexity index is 462. The van der Waals surface area contributed by atoms with Gasteiger partial charge in [0.05, 0.1) is 23.9 Å². The Morgan fingerprint density at radius 3 is 3.29 bits per heavy atom. The number of aromatic nitrogens is 2. The van der Waals surface area contributed by atoms with Gasteiger partial charge in [0.2, 0.25) is 0 Å². The minimum Gasteiger partial charge on any atom is -0.462 e. The van der Waals surface area contributed by atoms with Gasteiger partial charge in [0.15, 0.2) is 0 Å². The van der Waals surface area contributed by atoms with E-state index in [2.05, 4.69) is 5.10 Å².